The molecule has 164 valence electrons. The van der Waals surface area contributed by atoms with Crippen molar-refractivity contribution >= 4 is 5.97 Å². The molecular formula is C24H38O5. The normalized spacial score (nSPS) is 50.1. The topological polar surface area (TPSA) is 98.0 Å². The summed E-state index contributed by atoms with van der Waals surface area (Å²) in [5.74, 6) is 0.326. The van der Waals surface area contributed by atoms with Gasteiger partial charge in [-0.25, -0.2) is 0 Å². The third-order valence-electron chi connectivity index (χ3n) is 9.71. The van der Waals surface area contributed by atoms with Crippen LogP contribution in [0.3, 0.4) is 0 Å². The van der Waals surface area contributed by atoms with Crippen LogP contribution in [0.5, 0.6) is 0 Å². The number of carbonyl (C=O) groups is 1. The number of fused-ring (bicyclic) bond motifs is 5. The second-order valence-electron chi connectivity index (χ2n) is 11.0. The molecule has 3 fully saturated rings. The number of hydrogen-bond acceptors (Lipinski definition) is 4. The van der Waals surface area contributed by atoms with Gasteiger partial charge < -0.3 is 20.4 Å². The van der Waals surface area contributed by atoms with E-state index in [0.29, 0.717) is 6.42 Å². The molecule has 0 unspecified atom stereocenters. The molecule has 0 aromatic heterocycles. The van der Waals surface area contributed by atoms with Crippen molar-refractivity contribution in [2.24, 2.45) is 40.4 Å². The summed E-state index contributed by atoms with van der Waals surface area (Å²) < 4.78 is 0. The van der Waals surface area contributed by atoms with Crippen molar-refractivity contribution in [3.05, 3.63) is 11.6 Å². The van der Waals surface area contributed by atoms with E-state index in [1.54, 1.807) is 0 Å². The van der Waals surface area contributed by atoms with E-state index in [4.69, 9.17) is 5.11 Å². The molecule has 0 saturated heterocycles. The van der Waals surface area contributed by atoms with Gasteiger partial charge in [0, 0.05) is 17.8 Å². The van der Waals surface area contributed by atoms with Crippen molar-refractivity contribution in [1.29, 1.82) is 0 Å². The average molecular weight is 407 g/mol. The summed E-state index contributed by atoms with van der Waals surface area (Å²) in [6, 6.07) is 0. The van der Waals surface area contributed by atoms with E-state index in [1.165, 1.54) is 5.57 Å². The van der Waals surface area contributed by atoms with Crippen molar-refractivity contribution in [1.82, 2.24) is 0 Å². The fourth-order valence-corrected chi connectivity index (χ4v) is 7.99. The molecule has 4 N–H and O–H groups in total. The van der Waals surface area contributed by atoms with E-state index in [0.717, 1.165) is 38.5 Å². The Balaban J connectivity index is 1.66. The van der Waals surface area contributed by atoms with E-state index >= 15 is 0 Å². The van der Waals surface area contributed by atoms with Crippen LogP contribution in [0.2, 0.25) is 0 Å². The molecule has 4 aliphatic rings. The second kappa shape index (κ2) is 7.35. The zero-order chi connectivity index (χ0) is 21.1. The van der Waals surface area contributed by atoms with Gasteiger partial charge in [-0.15, -0.1) is 0 Å². The number of aliphatic hydroxyl groups excluding tert-OH is 3. The maximum absolute atomic E-state index is 11.4. The zero-order valence-corrected chi connectivity index (χ0v) is 18.1. The van der Waals surface area contributed by atoms with E-state index in [-0.39, 0.29) is 52.9 Å². The Hall–Kier alpha value is -0.910. The first kappa shape index (κ1) is 21.3. The molecule has 0 aromatic carbocycles. The Morgan fingerprint density at radius 2 is 1.90 bits per heavy atom. The lowest BCUT2D eigenvalue weighted by Crippen LogP contribution is -2.57. The van der Waals surface area contributed by atoms with E-state index in [2.05, 4.69) is 26.8 Å². The molecule has 3 saturated carbocycles. The minimum Gasteiger partial charge on any atom is -0.481 e. The van der Waals surface area contributed by atoms with Crippen LogP contribution >= 0.6 is 0 Å². The van der Waals surface area contributed by atoms with Crippen molar-refractivity contribution < 1.29 is 25.2 Å². The van der Waals surface area contributed by atoms with Gasteiger partial charge in [-0.3, -0.25) is 4.79 Å². The molecule has 0 radical (unpaired) electrons. The summed E-state index contributed by atoms with van der Waals surface area (Å²) in [5.41, 5.74) is 0.880. The van der Waals surface area contributed by atoms with Gasteiger partial charge in [-0.05, 0) is 74.0 Å². The van der Waals surface area contributed by atoms with E-state index < -0.39 is 18.2 Å². The molecule has 29 heavy (non-hydrogen) atoms. The van der Waals surface area contributed by atoms with Gasteiger partial charge >= 0.3 is 5.97 Å². The highest BCUT2D eigenvalue weighted by Crippen LogP contribution is 2.66. The Kier molecular flexibility index (Phi) is 5.40. The Morgan fingerprint density at radius 1 is 1.17 bits per heavy atom. The number of aliphatic carboxylic acids is 1. The lowest BCUT2D eigenvalue weighted by molar-refractivity contribution is -0.137. The zero-order valence-electron chi connectivity index (χ0n) is 18.1. The Morgan fingerprint density at radius 3 is 2.59 bits per heavy atom. The van der Waals surface area contributed by atoms with E-state index in [1.807, 2.05) is 0 Å². The molecule has 4 aliphatic carbocycles. The van der Waals surface area contributed by atoms with Gasteiger partial charge in [0.05, 0.1) is 18.3 Å². The average Bonchev–Trinajstić information content (AvgIpc) is 3.01. The predicted molar refractivity (Wildman–Crippen MR) is 110 cm³/mol. The van der Waals surface area contributed by atoms with Crippen LogP contribution in [0.25, 0.3) is 0 Å². The van der Waals surface area contributed by atoms with Crippen molar-refractivity contribution in [3.63, 3.8) is 0 Å². The highest BCUT2D eigenvalue weighted by Gasteiger charge is 2.62. The van der Waals surface area contributed by atoms with Gasteiger partial charge in [-0.2, -0.15) is 0 Å². The highest BCUT2D eigenvalue weighted by atomic mass is 16.4. The first-order chi connectivity index (χ1) is 13.6. The van der Waals surface area contributed by atoms with Crippen LogP contribution in [0.1, 0.15) is 72.1 Å². The molecule has 0 heterocycles. The number of aliphatic hydroxyl groups is 3. The minimum absolute atomic E-state index is 0.0432. The summed E-state index contributed by atoms with van der Waals surface area (Å²) in [4.78, 5) is 11.1. The van der Waals surface area contributed by atoms with Crippen LogP contribution < -0.4 is 0 Å². The number of carboxylic acid groups (broad SMARTS) is 1. The Bertz CT molecular complexity index is 689. The van der Waals surface area contributed by atoms with Crippen LogP contribution in [-0.4, -0.2) is 44.7 Å². The number of rotatable bonds is 4. The molecule has 0 aliphatic heterocycles. The largest absolute Gasteiger partial charge is 0.481 e. The molecule has 5 nitrogen and oxygen atoms in total. The number of hydrogen-bond donors (Lipinski definition) is 4. The molecule has 0 amide bonds. The summed E-state index contributed by atoms with van der Waals surface area (Å²) in [6.45, 7) is 6.59. The lowest BCUT2D eigenvalue weighted by atomic mass is 9.47. The monoisotopic (exact) mass is 406 g/mol. The maximum atomic E-state index is 11.4. The van der Waals surface area contributed by atoms with Crippen molar-refractivity contribution in [2.75, 3.05) is 0 Å². The lowest BCUT2D eigenvalue weighted by Gasteiger charge is -2.59. The van der Waals surface area contributed by atoms with Gasteiger partial charge in [0.15, 0.2) is 0 Å². The van der Waals surface area contributed by atoms with Crippen LogP contribution in [0.15, 0.2) is 11.6 Å². The van der Waals surface area contributed by atoms with Gasteiger partial charge in [0.25, 0.3) is 0 Å². The first-order valence-electron chi connectivity index (χ1n) is 11.6. The standard InChI is InChI=1S/C24H38O5/c1-13(4-7-21(28)29)16-5-6-17-22-18(12-20(27)24(16,17)3)23(2)9-8-15(25)10-14(23)11-19(22)26/h12-17,19-20,22,25-27H,4-11H2,1-3H3,(H,28,29)/t13-,14+,15-,16-,17+,19-,20-,22+,23+,24-/m1/s1. The summed E-state index contributed by atoms with van der Waals surface area (Å²) in [6.07, 6.45) is 6.77. The third-order valence-corrected chi connectivity index (χ3v) is 9.71. The fraction of sp³-hybridized carbons (Fsp3) is 0.875. The van der Waals surface area contributed by atoms with Crippen LogP contribution in [0.4, 0.5) is 0 Å². The molecular weight excluding hydrogens is 368 g/mol. The molecule has 10 atom stereocenters. The SMILES string of the molecule is C[C@H](CCC(=O)O)[C@H]1CC[C@H]2[C@H]3C(=C[C@@H](O)[C@]12C)[C@@]1(C)CC[C@@H](O)C[C@H]1C[C@H]3O. The molecule has 0 bridgehead atoms. The minimum atomic E-state index is -0.760. The first-order valence-corrected chi connectivity index (χ1v) is 11.6. The van der Waals surface area contributed by atoms with Gasteiger partial charge in [0.2, 0.25) is 0 Å². The van der Waals surface area contributed by atoms with Gasteiger partial charge in [0.1, 0.15) is 0 Å². The smallest absolute Gasteiger partial charge is 0.303 e. The fourth-order valence-electron chi connectivity index (χ4n) is 7.99. The maximum Gasteiger partial charge on any atom is 0.303 e. The summed E-state index contributed by atoms with van der Waals surface area (Å²) in [7, 11) is 0. The third kappa shape index (κ3) is 3.19. The number of carboxylic acids is 1. The Labute approximate surface area is 174 Å². The quantitative estimate of drug-likeness (QED) is 0.537. The van der Waals surface area contributed by atoms with Gasteiger partial charge in [-0.1, -0.05) is 32.4 Å². The van der Waals surface area contributed by atoms with E-state index in [9.17, 15) is 20.1 Å². The highest BCUT2D eigenvalue weighted by molar-refractivity contribution is 5.66. The molecule has 0 aromatic rings. The summed E-state index contributed by atoms with van der Waals surface area (Å²) in [5, 5.41) is 41.9. The van der Waals surface area contributed by atoms with Crippen LogP contribution in [-0.2, 0) is 4.79 Å². The van der Waals surface area contributed by atoms with Crippen molar-refractivity contribution in [3.8, 4) is 0 Å². The second-order valence-corrected chi connectivity index (χ2v) is 11.0. The predicted octanol–water partition coefficient (Wildman–Crippen LogP) is 3.37. The molecule has 0 spiro atoms. The van der Waals surface area contributed by atoms with Crippen LogP contribution in [0, 0.1) is 40.4 Å². The molecule has 5 heteroatoms. The molecule has 4 rings (SSSR count). The van der Waals surface area contributed by atoms with Crippen molar-refractivity contribution in [2.45, 2.75) is 90.4 Å². The summed E-state index contributed by atoms with van der Waals surface area (Å²) >= 11 is 0.